The summed E-state index contributed by atoms with van der Waals surface area (Å²) in [6.07, 6.45) is 1.71. The average Bonchev–Trinajstić information content (AvgIpc) is 2.93. The van der Waals surface area contributed by atoms with E-state index in [1.54, 1.807) is 23.0 Å². The topological polar surface area (TPSA) is 55.2 Å². The first-order chi connectivity index (χ1) is 12.0. The summed E-state index contributed by atoms with van der Waals surface area (Å²) in [6.45, 7) is 2.23. The molecule has 0 amide bonds. The number of nitrogens with zero attached hydrogens (tertiary/aromatic N) is 3. The highest BCUT2D eigenvalue weighted by Gasteiger charge is 2.01. The minimum atomic E-state index is 0.410. The van der Waals surface area contributed by atoms with E-state index in [0.717, 1.165) is 16.9 Å². The van der Waals surface area contributed by atoms with Gasteiger partial charge < -0.3 is 4.74 Å². The molecule has 25 heavy (non-hydrogen) atoms. The molecule has 8 heteroatoms. The van der Waals surface area contributed by atoms with Crippen LogP contribution < -0.4 is 4.74 Å². The third kappa shape index (κ3) is 4.48. The Morgan fingerprint density at radius 3 is 2.60 bits per heavy atom. The maximum Gasteiger partial charge on any atom is 0.216 e. The molecular weight excluding hydrogens is 379 g/mol. The summed E-state index contributed by atoms with van der Waals surface area (Å²) in [5, 5.41) is 12.0. The molecule has 1 N–H and O–H groups in total. The van der Waals surface area contributed by atoms with Crippen LogP contribution in [0.5, 0.6) is 5.75 Å². The summed E-state index contributed by atoms with van der Waals surface area (Å²) in [5.74, 6) is 1.45. The second-order valence-electron chi connectivity index (χ2n) is 5.24. The number of hydrogen-bond acceptors (Lipinski definition) is 4. The fourth-order valence-corrected chi connectivity index (χ4v) is 2.62. The molecule has 3 aromatic rings. The van der Waals surface area contributed by atoms with Gasteiger partial charge >= 0.3 is 0 Å². The van der Waals surface area contributed by atoms with Crippen LogP contribution in [0.2, 0.25) is 10.0 Å². The highest BCUT2D eigenvalue weighted by molar-refractivity contribution is 7.71. The van der Waals surface area contributed by atoms with Crippen LogP contribution in [-0.2, 0) is 6.61 Å². The first kappa shape index (κ1) is 17.7. The number of rotatable bonds is 5. The zero-order valence-electron chi connectivity index (χ0n) is 13.2. The lowest BCUT2D eigenvalue weighted by molar-refractivity contribution is 0.306. The van der Waals surface area contributed by atoms with Crippen molar-refractivity contribution >= 4 is 41.6 Å². The molecule has 1 aromatic heterocycles. The van der Waals surface area contributed by atoms with Gasteiger partial charge in [0.05, 0.1) is 16.3 Å². The van der Waals surface area contributed by atoms with Crippen LogP contribution >= 0.6 is 35.4 Å². The third-order valence-corrected chi connectivity index (χ3v) is 4.41. The summed E-state index contributed by atoms with van der Waals surface area (Å²) in [4.78, 5) is 0. The van der Waals surface area contributed by atoms with Crippen molar-refractivity contribution < 1.29 is 4.74 Å². The second kappa shape index (κ2) is 7.82. The van der Waals surface area contributed by atoms with Gasteiger partial charge in [-0.25, -0.2) is 0 Å². The Bertz CT molecular complexity index is 964. The maximum absolute atomic E-state index is 6.00. The molecule has 128 valence electrons. The first-order valence-electron chi connectivity index (χ1n) is 7.38. The molecule has 0 bridgehead atoms. The number of halogens is 2. The first-order valence-corrected chi connectivity index (χ1v) is 8.54. The second-order valence-corrected chi connectivity index (χ2v) is 6.44. The quantitative estimate of drug-likeness (QED) is 0.489. The van der Waals surface area contributed by atoms with E-state index in [9.17, 15) is 0 Å². The monoisotopic (exact) mass is 392 g/mol. The van der Waals surface area contributed by atoms with Crippen molar-refractivity contribution in [3.05, 3.63) is 74.2 Å². The number of aryl methyl sites for hydroxylation is 1. The van der Waals surface area contributed by atoms with Crippen molar-refractivity contribution in [2.75, 3.05) is 0 Å². The van der Waals surface area contributed by atoms with Gasteiger partial charge in [-0.1, -0.05) is 29.3 Å². The van der Waals surface area contributed by atoms with Gasteiger partial charge in [-0.15, -0.1) is 0 Å². The molecule has 0 aliphatic carbocycles. The van der Waals surface area contributed by atoms with E-state index in [1.165, 1.54) is 0 Å². The van der Waals surface area contributed by atoms with Crippen molar-refractivity contribution in [2.24, 2.45) is 5.10 Å². The Labute approximate surface area is 159 Å². The number of aromatic amines is 1. The summed E-state index contributed by atoms with van der Waals surface area (Å²) >= 11 is 17.0. The lowest BCUT2D eigenvalue weighted by Gasteiger charge is -2.07. The van der Waals surface area contributed by atoms with Crippen LogP contribution in [0.25, 0.3) is 0 Å². The minimum absolute atomic E-state index is 0.410. The highest BCUT2D eigenvalue weighted by Crippen LogP contribution is 2.23. The van der Waals surface area contributed by atoms with Crippen LogP contribution in [0.1, 0.15) is 17.0 Å². The number of H-pyrrole nitrogens is 1. The van der Waals surface area contributed by atoms with Crippen molar-refractivity contribution in [3.63, 3.8) is 0 Å². The molecule has 0 saturated carbocycles. The van der Waals surface area contributed by atoms with Crippen LogP contribution in [0, 0.1) is 11.7 Å². The van der Waals surface area contributed by atoms with Gasteiger partial charge in [0.2, 0.25) is 4.77 Å². The lowest BCUT2D eigenvalue weighted by Crippen LogP contribution is -1.96. The molecule has 3 rings (SSSR count). The number of ether oxygens (including phenoxy) is 1. The van der Waals surface area contributed by atoms with Crippen LogP contribution in [0.4, 0.5) is 0 Å². The zero-order valence-corrected chi connectivity index (χ0v) is 15.6. The van der Waals surface area contributed by atoms with E-state index in [4.69, 9.17) is 40.2 Å². The molecule has 5 nitrogen and oxygen atoms in total. The van der Waals surface area contributed by atoms with Gasteiger partial charge in [0.25, 0.3) is 0 Å². The standard InChI is InChI=1S/C17H14Cl2N4OS/c1-11-21-22-17(25)23(11)20-9-12-2-5-14(6-3-12)24-10-13-4-7-15(18)16(19)8-13/h2-9H,10H2,1H3,(H,22,25)/b20-9+. The molecule has 0 radical (unpaired) electrons. The SMILES string of the molecule is Cc1n[nH]c(=S)n1/N=C/c1ccc(OCc2ccc(Cl)c(Cl)c2)cc1. The predicted octanol–water partition coefficient (Wildman–Crippen LogP) is 5.02. The smallest absolute Gasteiger partial charge is 0.216 e. The lowest BCUT2D eigenvalue weighted by atomic mass is 10.2. The highest BCUT2D eigenvalue weighted by atomic mass is 35.5. The van der Waals surface area contributed by atoms with Crippen LogP contribution in [0.15, 0.2) is 47.6 Å². The summed E-state index contributed by atoms with van der Waals surface area (Å²) in [5.41, 5.74) is 1.87. The van der Waals surface area contributed by atoms with E-state index in [1.807, 2.05) is 37.3 Å². The van der Waals surface area contributed by atoms with Gasteiger partial charge in [-0.2, -0.15) is 14.9 Å². The molecule has 0 unspecified atom stereocenters. The molecule has 0 aliphatic rings. The normalized spacial score (nSPS) is 11.2. The number of aromatic nitrogens is 3. The van der Waals surface area contributed by atoms with E-state index >= 15 is 0 Å². The van der Waals surface area contributed by atoms with E-state index in [2.05, 4.69) is 15.3 Å². The van der Waals surface area contributed by atoms with Crippen molar-refractivity contribution in [1.29, 1.82) is 0 Å². The van der Waals surface area contributed by atoms with Gasteiger partial charge in [0, 0.05) is 0 Å². The summed E-state index contributed by atoms with van der Waals surface area (Å²) < 4.78 is 7.76. The van der Waals surface area contributed by atoms with Crippen molar-refractivity contribution in [1.82, 2.24) is 14.9 Å². The third-order valence-electron chi connectivity index (χ3n) is 3.40. The molecule has 0 aliphatic heterocycles. The van der Waals surface area contributed by atoms with Crippen molar-refractivity contribution in [3.8, 4) is 5.75 Å². The molecule has 1 heterocycles. The van der Waals surface area contributed by atoms with Gasteiger partial charge in [0.1, 0.15) is 18.2 Å². The minimum Gasteiger partial charge on any atom is -0.489 e. The summed E-state index contributed by atoms with van der Waals surface area (Å²) in [6, 6.07) is 13.0. The zero-order chi connectivity index (χ0) is 17.8. The van der Waals surface area contributed by atoms with E-state index in [0.29, 0.717) is 27.2 Å². The Hall–Kier alpha value is -2.15. The molecule has 0 saturated heterocycles. The van der Waals surface area contributed by atoms with Gasteiger partial charge in [-0.3, -0.25) is 5.10 Å². The van der Waals surface area contributed by atoms with Gasteiger partial charge in [0.15, 0.2) is 0 Å². The van der Waals surface area contributed by atoms with Gasteiger partial charge in [-0.05, 0) is 66.7 Å². The average molecular weight is 393 g/mol. The Balaban J connectivity index is 1.64. The number of nitrogens with one attached hydrogen (secondary N) is 1. The molecule has 0 atom stereocenters. The largest absolute Gasteiger partial charge is 0.489 e. The van der Waals surface area contributed by atoms with E-state index in [-0.39, 0.29) is 0 Å². The Morgan fingerprint density at radius 1 is 1.20 bits per heavy atom. The van der Waals surface area contributed by atoms with E-state index < -0.39 is 0 Å². The predicted molar refractivity (Wildman–Crippen MR) is 102 cm³/mol. The molecule has 2 aromatic carbocycles. The van der Waals surface area contributed by atoms with Crippen LogP contribution in [0.3, 0.4) is 0 Å². The summed E-state index contributed by atoms with van der Waals surface area (Å²) in [7, 11) is 0. The fourth-order valence-electron chi connectivity index (χ4n) is 2.08. The fraction of sp³-hybridized carbons (Fsp3) is 0.118. The molecular formula is C17H14Cl2N4OS. The maximum atomic E-state index is 6.00. The number of benzene rings is 2. The van der Waals surface area contributed by atoms with Crippen LogP contribution in [-0.4, -0.2) is 21.1 Å². The molecule has 0 fully saturated rings. The Kier molecular flexibility index (Phi) is 5.53. The number of hydrogen-bond donors (Lipinski definition) is 1. The van der Waals surface area contributed by atoms with Crippen molar-refractivity contribution in [2.45, 2.75) is 13.5 Å². The molecule has 0 spiro atoms. The Morgan fingerprint density at radius 2 is 1.96 bits per heavy atom.